The lowest BCUT2D eigenvalue weighted by molar-refractivity contribution is -0.384. The summed E-state index contributed by atoms with van der Waals surface area (Å²) in [6.45, 7) is -0.144. The first-order valence-electron chi connectivity index (χ1n) is 9.32. The van der Waals surface area contributed by atoms with E-state index in [0.717, 1.165) is 0 Å². The van der Waals surface area contributed by atoms with E-state index in [9.17, 15) is 24.8 Å². The number of carbonyl (C=O) groups is 2. The zero-order chi connectivity index (χ0) is 22.5. The second-order valence-electron chi connectivity index (χ2n) is 6.69. The maximum Gasteiger partial charge on any atom is 0.295 e. The zero-order valence-electron chi connectivity index (χ0n) is 16.2. The maximum absolute atomic E-state index is 12.8. The summed E-state index contributed by atoms with van der Waals surface area (Å²) in [6, 6.07) is 10.5. The van der Waals surface area contributed by atoms with Crippen molar-refractivity contribution in [3.05, 3.63) is 80.4 Å². The van der Waals surface area contributed by atoms with Gasteiger partial charge in [-0.25, -0.2) is 0 Å². The smallest absolute Gasteiger partial charge is 0.295 e. The van der Waals surface area contributed by atoms with Crippen LogP contribution in [-0.2, 0) is 14.3 Å². The number of ketones is 1. The summed E-state index contributed by atoms with van der Waals surface area (Å²) < 4.78 is 5.21. The van der Waals surface area contributed by atoms with Crippen LogP contribution in [0, 0.1) is 10.1 Å². The van der Waals surface area contributed by atoms with E-state index in [1.807, 2.05) is 0 Å². The molecule has 1 amide bonds. The molecular weight excluding hydrogens is 428 g/mol. The summed E-state index contributed by atoms with van der Waals surface area (Å²) in [7, 11) is 0. The molecule has 0 aromatic heterocycles. The first-order chi connectivity index (χ1) is 14.8. The number of rotatable bonds is 8. The van der Waals surface area contributed by atoms with Gasteiger partial charge < -0.3 is 19.8 Å². The van der Waals surface area contributed by atoms with Crippen LogP contribution in [0.25, 0.3) is 5.76 Å². The van der Waals surface area contributed by atoms with Crippen molar-refractivity contribution in [3.8, 4) is 0 Å². The van der Waals surface area contributed by atoms with Crippen molar-refractivity contribution in [1.82, 2.24) is 4.90 Å². The van der Waals surface area contributed by atoms with Crippen LogP contribution in [0.4, 0.5) is 5.69 Å². The molecule has 2 aromatic rings. The standard InChI is InChI=1S/C21H19ClN2O7/c22-15-6-4-13(5-7-15)19(26)17-18(14-2-1-3-16(12-14)24(29)30)23(21(28)20(17)27)8-10-31-11-9-25/h1-7,12,18,25-26H,8-11H2. The van der Waals surface area contributed by atoms with Crippen molar-refractivity contribution in [3.63, 3.8) is 0 Å². The molecule has 31 heavy (non-hydrogen) atoms. The molecule has 2 aromatic carbocycles. The van der Waals surface area contributed by atoms with Gasteiger partial charge in [0.1, 0.15) is 5.76 Å². The highest BCUT2D eigenvalue weighted by molar-refractivity contribution is 6.46. The van der Waals surface area contributed by atoms with Crippen LogP contribution < -0.4 is 0 Å². The van der Waals surface area contributed by atoms with Gasteiger partial charge in [0.2, 0.25) is 0 Å². The van der Waals surface area contributed by atoms with Crippen LogP contribution in [0.1, 0.15) is 17.2 Å². The Hall–Kier alpha value is -3.27. The van der Waals surface area contributed by atoms with E-state index in [4.69, 9.17) is 21.4 Å². The van der Waals surface area contributed by atoms with Crippen molar-refractivity contribution in [2.24, 2.45) is 0 Å². The minimum absolute atomic E-state index is 0.0185. The molecule has 0 spiro atoms. The Labute approximate surface area is 182 Å². The molecule has 3 rings (SSSR count). The van der Waals surface area contributed by atoms with Gasteiger partial charge in [0.15, 0.2) is 0 Å². The number of benzene rings is 2. The average Bonchev–Trinajstić information content (AvgIpc) is 3.01. The molecule has 1 fully saturated rings. The lowest BCUT2D eigenvalue weighted by Gasteiger charge is -2.25. The van der Waals surface area contributed by atoms with E-state index >= 15 is 0 Å². The van der Waals surface area contributed by atoms with Crippen LogP contribution in [0.3, 0.4) is 0 Å². The number of halogens is 1. The van der Waals surface area contributed by atoms with E-state index in [2.05, 4.69) is 0 Å². The Morgan fingerprint density at radius 3 is 2.52 bits per heavy atom. The monoisotopic (exact) mass is 446 g/mol. The topological polar surface area (TPSA) is 130 Å². The fraction of sp³-hybridized carbons (Fsp3) is 0.238. The number of carbonyl (C=O) groups excluding carboxylic acids is 2. The second-order valence-corrected chi connectivity index (χ2v) is 7.12. The number of nitro groups is 1. The Morgan fingerprint density at radius 1 is 1.16 bits per heavy atom. The molecule has 2 N–H and O–H groups in total. The highest BCUT2D eigenvalue weighted by Crippen LogP contribution is 2.40. The van der Waals surface area contributed by atoms with Crippen molar-refractivity contribution < 1.29 is 29.5 Å². The van der Waals surface area contributed by atoms with Gasteiger partial charge in [0, 0.05) is 29.3 Å². The molecule has 1 aliphatic heterocycles. The third kappa shape index (κ3) is 4.74. The van der Waals surface area contributed by atoms with Gasteiger partial charge in [0.05, 0.1) is 36.4 Å². The molecule has 9 nitrogen and oxygen atoms in total. The molecule has 1 atom stereocenters. The lowest BCUT2D eigenvalue weighted by atomic mass is 9.95. The van der Waals surface area contributed by atoms with Gasteiger partial charge >= 0.3 is 0 Å². The summed E-state index contributed by atoms with van der Waals surface area (Å²) >= 11 is 5.88. The molecule has 1 unspecified atom stereocenters. The predicted octanol–water partition coefficient (Wildman–Crippen LogP) is 2.68. The summed E-state index contributed by atoms with van der Waals surface area (Å²) in [5.74, 6) is -2.18. The highest BCUT2D eigenvalue weighted by Gasteiger charge is 2.46. The Morgan fingerprint density at radius 2 is 1.87 bits per heavy atom. The third-order valence-electron chi connectivity index (χ3n) is 4.77. The van der Waals surface area contributed by atoms with Gasteiger partial charge in [-0.15, -0.1) is 0 Å². The molecule has 0 aliphatic carbocycles. The Balaban J connectivity index is 2.10. The first-order valence-corrected chi connectivity index (χ1v) is 9.70. The highest BCUT2D eigenvalue weighted by atomic mass is 35.5. The second kappa shape index (κ2) is 9.69. The van der Waals surface area contributed by atoms with E-state index in [1.165, 1.54) is 47.4 Å². The van der Waals surface area contributed by atoms with E-state index in [0.29, 0.717) is 10.6 Å². The largest absolute Gasteiger partial charge is 0.507 e. The molecule has 1 aliphatic rings. The number of ether oxygens (including phenoxy) is 1. The van der Waals surface area contributed by atoms with Gasteiger partial charge in [-0.05, 0) is 29.8 Å². The Bertz CT molecular complexity index is 1040. The van der Waals surface area contributed by atoms with E-state index in [1.54, 1.807) is 6.07 Å². The summed E-state index contributed by atoms with van der Waals surface area (Å²) in [5, 5.41) is 31.4. The van der Waals surface area contributed by atoms with E-state index in [-0.39, 0.29) is 43.2 Å². The van der Waals surface area contributed by atoms with Crippen LogP contribution in [0.15, 0.2) is 54.1 Å². The summed E-state index contributed by atoms with van der Waals surface area (Å²) in [4.78, 5) is 37.4. The van der Waals surface area contributed by atoms with Gasteiger partial charge in [0.25, 0.3) is 17.4 Å². The minimum atomic E-state index is -1.05. The minimum Gasteiger partial charge on any atom is -0.507 e. The number of nitro benzene ring substituents is 1. The molecular formula is C21H19ClN2O7. The fourth-order valence-electron chi connectivity index (χ4n) is 3.36. The summed E-state index contributed by atoms with van der Waals surface area (Å²) in [6.07, 6.45) is 0. The van der Waals surface area contributed by atoms with Gasteiger partial charge in [-0.2, -0.15) is 0 Å². The number of amides is 1. The first kappa shape index (κ1) is 22.4. The third-order valence-corrected chi connectivity index (χ3v) is 5.02. The number of aliphatic hydroxyl groups excluding tert-OH is 2. The molecule has 0 bridgehead atoms. The number of hydrogen-bond donors (Lipinski definition) is 2. The number of nitrogens with zero attached hydrogens (tertiary/aromatic N) is 2. The lowest BCUT2D eigenvalue weighted by Crippen LogP contribution is -2.33. The van der Waals surface area contributed by atoms with Gasteiger partial charge in [-0.1, -0.05) is 23.7 Å². The number of non-ortho nitro benzene ring substituents is 1. The van der Waals surface area contributed by atoms with Crippen molar-refractivity contribution in [2.45, 2.75) is 6.04 Å². The normalized spacial score (nSPS) is 17.9. The van der Waals surface area contributed by atoms with Crippen LogP contribution >= 0.6 is 11.6 Å². The van der Waals surface area contributed by atoms with Gasteiger partial charge in [-0.3, -0.25) is 19.7 Å². The molecule has 1 saturated heterocycles. The van der Waals surface area contributed by atoms with Crippen LogP contribution in [-0.4, -0.2) is 58.1 Å². The van der Waals surface area contributed by atoms with E-state index < -0.39 is 28.4 Å². The summed E-state index contributed by atoms with van der Waals surface area (Å²) in [5.41, 5.74) is 0.168. The van der Waals surface area contributed by atoms with Crippen molar-refractivity contribution in [2.75, 3.05) is 26.4 Å². The van der Waals surface area contributed by atoms with Crippen molar-refractivity contribution in [1.29, 1.82) is 0 Å². The zero-order valence-corrected chi connectivity index (χ0v) is 17.0. The van der Waals surface area contributed by atoms with Crippen LogP contribution in [0.5, 0.6) is 0 Å². The van der Waals surface area contributed by atoms with Crippen LogP contribution in [0.2, 0.25) is 5.02 Å². The Kier molecular flexibility index (Phi) is 7.01. The molecule has 0 radical (unpaired) electrons. The maximum atomic E-state index is 12.8. The quantitative estimate of drug-likeness (QED) is 0.159. The molecule has 0 saturated carbocycles. The SMILES string of the molecule is O=C1C(=O)N(CCOCCO)C(c2cccc([N+](=O)[O-])c2)C1=C(O)c1ccc(Cl)cc1. The average molecular weight is 447 g/mol. The molecule has 10 heteroatoms. The molecule has 162 valence electrons. The fourth-order valence-corrected chi connectivity index (χ4v) is 3.48. The number of likely N-dealkylation sites (tertiary alicyclic amines) is 1. The predicted molar refractivity (Wildman–Crippen MR) is 111 cm³/mol. The number of Topliss-reactive ketones (excluding diaryl/α,β-unsaturated/α-hetero) is 1. The number of aliphatic hydroxyl groups is 2. The molecule has 1 heterocycles. The number of hydrogen-bond acceptors (Lipinski definition) is 7. The van der Waals surface area contributed by atoms with Crippen molar-refractivity contribution >= 4 is 34.7 Å².